The van der Waals surface area contributed by atoms with E-state index in [9.17, 15) is 0 Å². The van der Waals surface area contributed by atoms with Gasteiger partial charge in [0, 0.05) is 25.7 Å². The SMILES string of the molecule is NCC1c2ccccc2CCN1CCO. The fraction of sp³-hybridized carbons (Fsp3) is 0.500. The van der Waals surface area contributed by atoms with Crippen molar-refractivity contribution in [2.75, 3.05) is 26.2 Å². The van der Waals surface area contributed by atoms with E-state index in [4.69, 9.17) is 10.8 Å². The average molecular weight is 206 g/mol. The summed E-state index contributed by atoms with van der Waals surface area (Å²) >= 11 is 0. The second-order valence-corrected chi connectivity index (χ2v) is 3.96. The first-order valence-electron chi connectivity index (χ1n) is 5.49. The van der Waals surface area contributed by atoms with E-state index >= 15 is 0 Å². The molecule has 1 atom stereocenters. The van der Waals surface area contributed by atoms with Crippen LogP contribution >= 0.6 is 0 Å². The molecule has 1 heterocycles. The quantitative estimate of drug-likeness (QED) is 0.758. The van der Waals surface area contributed by atoms with Gasteiger partial charge in [-0.2, -0.15) is 0 Å². The maximum absolute atomic E-state index is 9.00. The van der Waals surface area contributed by atoms with Crippen molar-refractivity contribution in [3.05, 3.63) is 35.4 Å². The van der Waals surface area contributed by atoms with E-state index in [-0.39, 0.29) is 12.6 Å². The van der Waals surface area contributed by atoms with Crippen LogP contribution in [0.3, 0.4) is 0 Å². The van der Waals surface area contributed by atoms with Crippen LogP contribution in [0.15, 0.2) is 24.3 Å². The first-order valence-corrected chi connectivity index (χ1v) is 5.49. The number of aliphatic hydroxyl groups excluding tert-OH is 1. The smallest absolute Gasteiger partial charge is 0.0558 e. The second kappa shape index (κ2) is 4.75. The van der Waals surface area contributed by atoms with E-state index in [0.717, 1.165) is 19.5 Å². The number of aliphatic hydroxyl groups is 1. The molecule has 0 aliphatic carbocycles. The third kappa shape index (κ3) is 2.04. The molecule has 1 aliphatic heterocycles. The molecule has 0 radical (unpaired) electrons. The van der Waals surface area contributed by atoms with E-state index in [1.54, 1.807) is 0 Å². The maximum atomic E-state index is 9.00. The number of fused-ring (bicyclic) bond motifs is 1. The van der Waals surface area contributed by atoms with Gasteiger partial charge < -0.3 is 10.8 Å². The molecule has 1 aromatic carbocycles. The molecule has 3 N–H and O–H groups in total. The largest absolute Gasteiger partial charge is 0.395 e. The molecule has 15 heavy (non-hydrogen) atoms. The maximum Gasteiger partial charge on any atom is 0.0558 e. The Balaban J connectivity index is 2.26. The van der Waals surface area contributed by atoms with Gasteiger partial charge in [0.15, 0.2) is 0 Å². The summed E-state index contributed by atoms with van der Waals surface area (Å²) in [5.41, 5.74) is 8.55. The van der Waals surface area contributed by atoms with E-state index in [0.29, 0.717) is 6.54 Å². The zero-order valence-electron chi connectivity index (χ0n) is 8.89. The molecule has 0 fully saturated rings. The molecule has 3 heteroatoms. The Hall–Kier alpha value is -0.900. The number of benzene rings is 1. The molecular formula is C12H18N2O. The molecule has 3 nitrogen and oxygen atoms in total. The Morgan fingerprint density at radius 3 is 2.93 bits per heavy atom. The van der Waals surface area contributed by atoms with E-state index in [1.165, 1.54) is 11.1 Å². The minimum absolute atomic E-state index is 0.207. The van der Waals surface area contributed by atoms with Gasteiger partial charge in [-0.25, -0.2) is 0 Å². The molecule has 0 spiro atoms. The monoisotopic (exact) mass is 206 g/mol. The fourth-order valence-electron chi connectivity index (χ4n) is 2.38. The van der Waals surface area contributed by atoms with Crippen molar-refractivity contribution in [2.24, 2.45) is 5.73 Å². The highest BCUT2D eigenvalue weighted by atomic mass is 16.3. The van der Waals surface area contributed by atoms with Crippen LogP contribution in [0.4, 0.5) is 0 Å². The molecule has 0 saturated heterocycles. The number of β-amino-alcohol motifs (C(OH)–C–C–N with tert-alkyl or cyclic N) is 1. The number of nitrogens with zero attached hydrogens (tertiary/aromatic N) is 1. The summed E-state index contributed by atoms with van der Waals surface area (Å²) in [5.74, 6) is 0. The Morgan fingerprint density at radius 2 is 2.20 bits per heavy atom. The minimum Gasteiger partial charge on any atom is -0.395 e. The van der Waals surface area contributed by atoms with E-state index in [1.807, 2.05) is 0 Å². The first-order chi connectivity index (χ1) is 7.36. The average Bonchev–Trinajstić information content (AvgIpc) is 2.29. The lowest BCUT2D eigenvalue weighted by molar-refractivity contribution is 0.145. The second-order valence-electron chi connectivity index (χ2n) is 3.96. The Morgan fingerprint density at radius 1 is 1.40 bits per heavy atom. The van der Waals surface area contributed by atoms with Gasteiger partial charge in [-0.15, -0.1) is 0 Å². The highest BCUT2D eigenvalue weighted by Crippen LogP contribution is 2.28. The fourth-order valence-corrected chi connectivity index (χ4v) is 2.38. The zero-order valence-corrected chi connectivity index (χ0v) is 8.89. The third-order valence-electron chi connectivity index (χ3n) is 3.13. The topological polar surface area (TPSA) is 49.5 Å². The Kier molecular flexibility index (Phi) is 3.36. The normalized spacial score (nSPS) is 21.3. The van der Waals surface area contributed by atoms with Crippen LogP contribution in [0, 0.1) is 0 Å². The number of nitrogens with two attached hydrogens (primary N) is 1. The number of hydrogen-bond donors (Lipinski definition) is 2. The highest BCUT2D eigenvalue weighted by Gasteiger charge is 2.24. The van der Waals surface area contributed by atoms with Gasteiger partial charge in [-0.05, 0) is 17.5 Å². The van der Waals surface area contributed by atoms with Gasteiger partial charge in [0.1, 0.15) is 0 Å². The predicted octanol–water partition coefficient (Wildman–Crippen LogP) is 0.537. The summed E-state index contributed by atoms with van der Waals surface area (Å²) in [5, 5.41) is 9.00. The van der Waals surface area contributed by atoms with Crippen molar-refractivity contribution in [1.29, 1.82) is 0 Å². The zero-order chi connectivity index (χ0) is 10.7. The van der Waals surface area contributed by atoms with Gasteiger partial charge in [0.2, 0.25) is 0 Å². The van der Waals surface area contributed by atoms with E-state index < -0.39 is 0 Å². The van der Waals surface area contributed by atoms with Crippen LogP contribution in [0.25, 0.3) is 0 Å². The summed E-state index contributed by atoms with van der Waals surface area (Å²) in [6.45, 7) is 2.55. The standard InChI is InChI=1S/C12H18N2O/c13-9-12-11-4-2-1-3-10(11)5-6-14(12)7-8-15/h1-4,12,15H,5-9,13H2. The van der Waals surface area contributed by atoms with Crippen LogP contribution in [0.1, 0.15) is 17.2 Å². The summed E-state index contributed by atoms with van der Waals surface area (Å²) in [6.07, 6.45) is 1.06. The van der Waals surface area contributed by atoms with Crippen molar-refractivity contribution in [3.63, 3.8) is 0 Å². The molecule has 0 saturated carbocycles. The van der Waals surface area contributed by atoms with Crippen LogP contribution in [-0.4, -0.2) is 36.2 Å². The molecule has 2 rings (SSSR count). The minimum atomic E-state index is 0.207. The van der Waals surface area contributed by atoms with Gasteiger partial charge >= 0.3 is 0 Å². The lowest BCUT2D eigenvalue weighted by Gasteiger charge is -2.36. The van der Waals surface area contributed by atoms with Gasteiger partial charge in [-0.1, -0.05) is 24.3 Å². The summed E-state index contributed by atoms with van der Waals surface area (Å²) in [7, 11) is 0. The third-order valence-corrected chi connectivity index (χ3v) is 3.13. The molecule has 82 valence electrons. The number of hydrogen-bond acceptors (Lipinski definition) is 3. The van der Waals surface area contributed by atoms with Gasteiger partial charge in [0.25, 0.3) is 0 Å². The van der Waals surface area contributed by atoms with Crippen molar-refractivity contribution in [1.82, 2.24) is 4.90 Å². The van der Waals surface area contributed by atoms with Gasteiger partial charge in [0.05, 0.1) is 6.61 Å². The lowest BCUT2D eigenvalue weighted by Crippen LogP contribution is -2.40. The Labute approximate surface area is 90.5 Å². The van der Waals surface area contributed by atoms with Crippen molar-refractivity contribution < 1.29 is 5.11 Å². The molecule has 0 aromatic heterocycles. The summed E-state index contributed by atoms with van der Waals surface area (Å²) in [4.78, 5) is 2.27. The lowest BCUT2D eigenvalue weighted by atomic mass is 9.93. The van der Waals surface area contributed by atoms with Crippen molar-refractivity contribution >= 4 is 0 Å². The molecule has 1 aliphatic rings. The number of rotatable bonds is 3. The Bertz CT molecular complexity index is 327. The molecule has 0 bridgehead atoms. The van der Waals surface area contributed by atoms with Crippen molar-refractivity contribution in [3.8, 4) is 0 Å². The van der Waals surface area contributed by atoms with Crippen LogP contribution in [-0.2, 0) is 6.42 Å². The van der Waals surface area contributed by atoms with Crippen LogP contribution < -0.4 is 5.73 Å². The predicted molar refractivity (Wildman–Crippen MR) is 60.6 cm³/mol. The first kappa shape index (κ1) is 10.6. The molecule has 0 amide bonds. The van der Waals surface area contributed by atoms with E-state index in [2.05, 4.69) is 29.2 Å². The molecule has 1 aromatic rings. The highest BCUT2D eigenvalue weighted by molar-refractivity contribution is 5.32. The van der Waals surface area contributed by atoms with Gasteiger partial charge in [-0.3, -0.25) is 4.90 Å². The molecular weight excluding hydrogens is 188 g/mol. The van der Waals surface area contributed by atoms with Crippen LogP contribution in [0.5, 0.6) is 0 Å². The summed E-state index contributed by atoms with van der Waals surface area (Å²) < 4.78 is 0. The van der Waals surface area contributed by atoms with Crippen LogP contribution in [0.2, 0.25) is 0 Å². The molecule has 1 unspecified atom stereocenters. The van der Waals surface area contributed by atoms with Crippen molar-refractivity contribution in [2.45, 2.75) is 12.5 Å². The summed E-state index contributed by atoms with van der Waals surface area (Å²) in [6, 6.07) is 8.74.